The lowest BCUT2D eigenvalue weighted by Crippen LogP contribution is -2.40. The summed E-state index contributed by atoms with van der Waals surface area (Å²) in [6.45, 7) is 8.47. The maximum Gasteiger partial charge on any atom is 0.237 e. The molecule has 0 N–H and O–H groups in total. The van der Waals surface area contributed by atoms with Crippen molar-refractivity contribution in [3.63, 3.8) is 0 Å². The molecule has 5 rings (SSSR count). The van der Waals surface area contributed by atoms with Crippen LogP contribution in [0.25, 0.3) is 23.0 Å². The molecule has 0 spiro atoms. The Balaban J connectivity index is 1.70. The Morgan fingerprint density at radius 3 is 2.60 bits per heavy atom. The van der Waals surface area contributed by atoms with Crippen LogP contribution in [0.5, 0.6) is 0 Å². The van der Waals surface area contributed by atoms with E-state index in [0.717, 1.165) is 41.0 Å². The normalized spacial score (nSPS) is 15.4. The van der Waals surface area contributed by atoms with Crippen LogP contribution in [-0.2, 0) is 0 Å². The maximum absolute atomic E-state index is 5.01. The zero-order valence-corrected chi connectivity index (χ0v) is 17.4. The van der Waals surface area contributed by atoms with Crippen molar-refractivity contribution in [2.75, 3.05) is 4.90 Å². The molecule has 0 aromatic carbocycles. The summed E-state index contributed by atoms with van der Waals surface area (Å²) in [5.74, 6) is 4.01. The third-order valence-electron chi connectivity index (χ3n) is 5.44. The minimum Gasteiger partial charge on any atom is -0.342 e. The van der Waals surface area contributed by atoms with E-state index in [2.05, 4.69) is 55.4 Å². The molecule has 1 aliphatic rings. The number of hydrogen-bond acceptors (Lipinski definition) is 7. The van der Waals surface area contributed by atoms with Gasteiger partial charge in [-0.1, -0.05) is 6.92 Å². The highest BCUT2D eigenvalue weighted by Gasteiger charge is 2.36. The monoisotopic (exact) mass is 401 g/mol. The van der Waals surface area contributed by atoms with Gasteiger partial charge in [0.2, 0.25) is 5.95 Å². The summed E-state index contributed by atoms with van der Waals surface area (Å²) in [6.07, 6.45) is 9.91. The Hall–Kier alpha value is -3.62. The van der Waals surface area contributed by atoms with E-state index in [9.17, 15) is 0 Å². The molecular formula is C21H23N9. The molecule has 0 radical (unpaired) electrons. The molecule has 0 saturated heterocycles. The van der Waals surface area contributed by atoms with Crippen molar-refractivity contribution < 1.29 is 0 Å². The Morgan fingerprint density at radius 2 is 1.87 bits per heavy atom. The van der Waals surface area contributed by atoms with Crippen molar-refractivity contribution in [3.05, 3.63) is 54.8 Å². The predicted octanol–water partition coefficient (Wildman–Crippen LogP) is 3.29. The summed E-state index contributed by atoms with van der Waals surface area (Å²) in [6, 6.07) is 4.20. The van der Waals surface area contributed by atoms with Crippen molar-refractivity contribution in [2.24, 2.45) is 0 Å². The van der Waals surface area contributed by atoms with Gasteiger partial charge >= 0.3 is 0 Å². The number of aryl methyl sites for hydroxylation is 1. The van der Waals surface area contributed by atoms with E-state index >= 15 is 0 Å². The van der Waals surface area contributed by atoms with Gasteiger partial charge in [0.15, 0.2) is 11.6 Å². The van der Waals surface area contributed by atoms with Crippen molar-refractivity contribution in [1.29, 1.82) is 0 Å². The van der Waals surface area contributed by atoms with Crippen molar-refractivity contribution in [1.82, 2.24) is 39.3 Å². The molecule has 30 heavy (non-hydrogen) atoms. The lowest BCUT2D eigenvalue weighted by molar-refractivity contribution is 0.496. The van der Waals surface area contributed by atoms with Crippen molar-refractivity contribution in [2.45, 2.75) is 46.2 Å². The summed E-state index contributed by atoms with van der Waals surface area (Å²) in [7, 11) is 0. The summed E-state index contributed by atoms with van der Waals surface area (Å²) in [5.41, 5.74) is 1.86. The number of rotatable bonds is 4. The van der Waals surface area contributed by atoms with Crippen LogP contribution in [-0.4, -0.2) is 45.3 Å². The molecule has 1 unspecified atom stereocenters. The minimum atomic E-state index is 0.101. The van der Waals surface area contributed by atoms with E-state index < -0.39 is 0 Å². The molecule has 5 heterocycles. The molecule has 0 amide bonds. The van der Waals surface area contributed by atoms with Crippen molar-refractivity contribution in [3.8, 4) is 23.0 Å². The van der Waals surface area contributed by atoms with Crippen molar-refractivity contribution >= 4 is 5.82 Å². The molecule has 9 nitrogen and oxygen atoms in total. The second-order valence-corrected chi connectivity index (χ2v) is 7.60. The third kappa shape index (κ3) is 2.69. The number of imidazole rings is 1. The largest absolute Gasteiger partial charge is 0.342 e. The highest BCUT2D eigenvalue weighted by atomic mass is 15.4. The third-order valence-corrected chi connectivity index (χ3v) is 5.44. The minimum absolute atomic E-state index is 0.101. The molecule has 0 saturated carbocycles. The zero-order valence-electron chi connectivity index (χ0n) is 17.4. The van der Waals surface area contributed by atoms with Gasteiger partial charge in [0.05, 0.1) is 12.2 Å². The van der Waals surface area contributed by atoms with E-state index in [4.69, 9.17) is 4.98 Å². The van der Waals surface area contributed by atoms with E-state index in [1.54, 1.807) is 18.6 Å². The smallest absolute Gasteiger partial charge is 0.237 e. The number of pyridine rings is 1. The SMILES string of the molecule is CCC1c2nnc(C)n2-c2cnc(-n3ccnc3-c3ccncc3)nc2N1C(C)C. The first kappa shape index (κ1) is 18.4. The second kappa shape index (κ2) is 7.01. The van der Waals surface area contributed by atoms with Crippen LogP contribution < -0.4 is 4.90 Å². The van der Waals surface area contributed by atoms with E-state index in [0.29, 0.717) is 5.95 Å². The molecule has 152 valence electrons. The first-order valence-corrected chi connectivity index (χ1v) is 10.1. The number of fused-ring (bicyclic) bond motifs is 3. The average Bonchev–Trinajstić information content (AvgIpc) is 3.40. The van der Waals surface area contributed by atoms with E-state index in [1.165, 1.54) is 0 Å². The van der Waals surface area contributed by atoms with Crippen LogP contribution in [0.2, 0.25) is 0 Å². The highest BCUT2D eigenvalue weighted by Crippen LogP contribution is 2.40. The van der Waals surface area contributed by atoms with Crippen LogP contribution in [0, 0.1) is 6.92 Å². The molecule has 0 aliphatic carbocycles. The van der Waals surface area contributed by atoms with Gasteiger partial charge in [0.1, 0.15) is 17.3 Å². The zero-order chi connectivity index (χ0) is 20.8. The highest BCUT2D eigenvalue weighted by molar-refractivity contribution is 5.64. The molecule has 0 fully saturated rings. The lowest BCUT2D eigenvalue weighted by atomic mass is 10.1. The molecule has 4 aromatic heterocycles. The summed E-state index contributed by atoms with van der Waals surface area (Å²) >= 11 is 0. The fourth-order valence-electron chi connectivity index (χ4n) is 4.15. The first-order valence-electron chi connectivity index (χ1n) is 10.1. The van der Waals surface area contributed by atoms with E-state index in [1.807, 2.05) is 36.0 Å². The predicted molar refractivity (Wildman–Crippen MR) is 113 cm³/mol. The fourth-order valence-corrected chi connectivity index (χ4v) is 4.15. The second-order valence-electron chi connectivity index (χ2n) is 7.60. The van der Waals surface area contributed by atoms with Crippen LogP contribution >= 0.6 is 0 Å². The van der Waals surface area contributed by atoms with E-state index in [-0.39, 0.29) is 12.1 Å². The van der Waals surface area contributed by atoms with Crippen LogP contribution in [0.4, 0.5) is 5.82 Å². The molecule has 1 aliphatic heterocycles. The summed E-state index contributed by atoms with van der Waals surface area (Å²) in [5, 5.41) is 8.79. The maximum atomic E-state index is 5.01. The number of nitrogens with zero attached hydrogens (tertiary/aromatic N) is 9. The van der Waals surface area contributed by atoms with Crippen LogP contribution in [0.1, 0.15) is 44.9 Å². The van der Waals surface area contributed by atoms with Gasteiger partial charge in [-0.05, 0) is 39.3 Å². The van der Waals surface area contributed by atoms with Gasteiger partial charge in [0.25, 0.3) is 0 Å². The molecular weight excluding hydrogens is 378 g/mol. The van der Waals surface area contributed by atoms with Gasteiger partial charge in [-0.15, -0.1) is 10.2 Å². The van der Waals surface area contributed by atoms with Gasteiger partial charge in [-0.25, -0.2) is 9.97 Å². The first-order chi connectivity index (χ1) is 14.6. The average molecular weight is 401 g/mol. The molecule has 1 atom stereocenters. The quantitative estimate of drug-likeness (QED) is 0.518. The Morgan fingerprint density at radius 1 is 1.07 bits per heavy atom. The fraction of sp³-hybridized carbons (Fsp3) is 0.333. The van der Waals surface area contributed by atoms with Gasteiger partial charge < -0.3 is 4.90 Å². The summed E-state index contributed by atoms with van der Waals surface area (Å²) in [4.78, 5) is 20.6. The summed E-state index contributed by atoms with van der Waals surface area (Å²) < 4.78 is 3.98. The molecule has 9 heteroatoms. The number of aromatic nitrogens is 8. The topological polar surface area (TPSA) is 90.4 Å². The van der Waals surface area contributed by atoms with Gasteiger partial charge in [0, 0.05) is 36.4 Å². The number of anilines is 1. The standard InChI is InChI=1S/C21H23N9/c1-5-16-20-27-26-14(4)30(20)17-12-24-21(25-19(17)29(16)13(2)3)28-11-10-23-18(28)15-6-8-22-9-7-15/h6-13,16H,5H2,1-4H3. The van der Waals surface area contributed by atoms with Gasteiger partial charge in [-0.3, -0.25) is 14.1 Å². The Labute approximate surface area is 174 Å². The van der Waals surface area contributed by atoms with Gasteiger partial charge in [-0.2, -0.15) is 4.98 Å². The van der Waals surface area contributed by atoms with Crippen LogP contribution in [0.3, 0.4) is 0 Å². The Kier molecular flexibility index (Phi) is 4.30. The number of hydrogen-bond donors (Lipinski definition) is 0. The molecule has 4 aromatic rings. The van der Waals surface area contributed by atoms with Crippen LogP contribution in [0.15, 0.2) is 43.1 Å². The lowest BCUT2D eigenvalue weighted by Gasteiger charge is -2.39. The molecule has 0 bridgehead atoms. The Bertz CT molecular complexity index is 1190.